The average molecular weight is 281 g/mol. The molecule has 1 nitrogen and oxygen atoms in total. The Morgan fingerprint density at radius 3 is 2.48 bits per heavy atom. The highest BCUT2D eigenvalue weighted by atomic mass is 15.1. The summed E-state index contributed by atoms with van der Waals surface area (Å²) in [5.41, 5.74) is 6.90. The number of nitrogens with zero attached hydrogens (tertiary/aromatic N) is 1. The van der Waals surface area contributed by atoms with Crippen LogP contribution in [-0.2, 0) is 0 Å². The third-order valence-electron chi connectivity index (χ3n) is 3.04. The number of rotatable bonds is 2. The predicted molar refractivity (Wildman–Crippen MR) is 94.0 cm³/mol. The quantitative estimate of drug-likeness (QED) is 0.653. The van der Waals surface area contributed by atoms with Gasteiger partial charge in [-0.15, -0.1) is 5.73 Å². The zero-order valence-electron chi connectivity index (χ0n) is 13.8. The Morgan fingerprint density at radius 2 is 1.90 bits per heavy atom. The van der Waals surface area contributed by atoms with Crippen molar-refractivity contribution in [3.63, 3.8) is 0 Å². The van der Waals surface area contributed by atoms with E-state index < -0.39 is 0 Å². The number of hydrogen-bond acceptors (Lipinski definition) is 1. The lowest BCUT2D eigenvalue weighted by molar-refractivity contribution is 0.428. The first-order chi connectivity index (χ1) is 10.2. The molecule has 0 spiro atoms. The predicted octanol–water partition coefficient (Wildman–Crippen LogP) is 5.44. The third kappa shape index (κ3) is 5.89. The Labute approximate surface area is 130 Å². The third-order valence-corrected chi connectivity index (χ3v) is 3.04. The van der Waals surface area contributed by atoms with Crippen LogP contribution >= 0.6 is 0 Å². The molecule has 0 fully saturated rings. The Bertz CT molecular complexity index is 528. The monoisotopic (exact) mass is 281 g/mol. The SMILES string of the molecule is CC=C=C(/C=C1/C=CCCN1C)c1ccccc1.CCC. The van der Waals surface area contributed by atoms with E-state index in [-0.39, 0.29) is 0 Å². The summed E-state index contributed by atoms with van der Waals surface area (Å²) < 4.78 is 0. The van der Waals surface area contributed by atoms with Gasteiger partial charge in [-0.1, -0.05) is 56.7 Å². The molecule has 2 rings (SSSR count). The molecule has 1 heterocycles. The zero-order chi connectivity index (χ0) is 15.5. The van der Waals surface area contributed by atoms with Crippen LogP contribution in [0.25, 0.3) is 5.57 Å². The van der Waals surface area contributed by atoms with Crippen LogP contribution in [0.1, 0.15) is 39.2 Å². The lowest BCUT2D eigenvalue weighted by Gasteiger charge is -2.23. The molecule has 0 saturated carbocycles. The average Bonchev–Trinajstić information content (AvgIpc) is 2.51. The van der Waals surface area contributed by atoms with Crippen LogP contribution in [0.2, 0.25) is 0 Å². The van der Waals surface area contributed by atoms with Crippen molar-refractivity contribution < 1.29 is 0 Å². The van der Waals surface area contributed by atoms with Gasteiger partial charge in [0.05, 0.1) is 0 Å². The molecule has 0 N–H and O–H groups in total. The molecule has 1 aromatic rings. The van der Waals surface area contributed by atoms with Crippen LogP contribution in [0.4, 0.5) is 0 Å². The zero-order valence-corrected chi connectivity index (χ0v) is 13.8. The minimum absolute atomic E-state index is 1.08. The van der Waals surface area contributed by atoms with Crippen molar-refractivity contribution in [1.82, 2.24) is 4.90 Å². The Kier molecular flexibility index (Phi) is 8.01. The van der Waals surface area contributed by atoms with Crippen molar-refractivity contribution in [2.24, 2.45) is 0 Å². The molecule has 0 aliphatic carbocycles. The van der Waals surface area contributed by atoms with Crippen molar-refractivity contribution in [3.8, 4) is 0 Å². The molecular weight excluding hydrogens is 254 g/mol. The first-order valence-corrected chi connectivity index (χ1v) is 7.79. The fraction of sp³-hybridized carbons (Fsp3) is 0.350. The highest BCUT2D eigenvalue weighted by molar-refractivity contribution is 5.74. The molecule has 0 unspecified atom stereocenters. The molecule has 1 heteroatoms. The summed E-state index contributed by atoms with van der Waals surface area (Å²) >= 11 is 0. The van der Waals surface area contributed by atoms with Gasteiger partial charge in [0.25, 0.3) is 0 Å². The molecule has 0 radical (unpaired) electrons. The minimum Gasteiger partial charge on any atom is -0.374 e. The maximum absolute atomic E-state index is 3.32. The standard InChI is InChI=1S/C17H19N.C3H8/c1-3-9-16(15-10-5-4-6-11-15)14-17-12-7-8-13-18(17)2;1-3-2/h3-7,10-12,14H,8,13H2,1-2H3;3H2,1-2H3/b17-14-;. The largest absolute Gasteiger partial charge is 0.374 e. The van der Waals surface area contributed by atoms with Crippen LogP contribution in [-0.4, -0.2) is 18.5 Å². The van der Waals surface area contributed by atoms with Gasteiger partial charge in [0.1, 0.15) is 0 Å². The maximum atomic E-state index is 3.32. The van der Waals surface area contributed by atoms with Gasteiger partial charge in [-0.25, -0.2) is 0 Å². The lowest BCUT2D eigenvalue weighted by atomic mass is 10.0. The van der Waals surface area contributed by atoms with E-state index in [0.29, 0.717) is 0 Å². The van der Waals surface area contributed by atoms with E-state index in [4.69, 9.17) is 0 Å². The molecule has 1 aliphatic heterocycles. The van der Waals surface area contributed by atoms with E-state index in [1.165, 1.54) is 17.7 Å². The Hall–Kier alpha value is -1.98. The van der Waals surface area contributed by atoms with E-state index in [0.717, 1.165) is 18.5 Å². The summed E-state index contributed by atoms with van der Waals surface area (Å²) in [5.74, 6) is 0. The molecule has 0 aromatic heterocycles. The van der Waals surface area contributed by atoms with Gasteiger partial charge in [0.15, 0.2) is 0 Å². The molecular formula is C20H27N. The second kappa shape index (κ2) is 9.85. The second-order valence-electron chi connectivity index (χ2n) is 5.10. The molecule has 21 heavy (non-hydrogen) atoms. The van der Waals surface area contributed by atoms with Crippen molar-refractivity contribution in [1.29, 1.82) is 0 Å². The number of hydrogen-bond donors (Lipinski definition) is 0. The summed E-state index contributed by atoms with van der Waals surface area (Å²) in [5, 5.41) is 0. The second-order valence-corrected chi connectivity index (χ2v) is 5.10. The summed E-state index contributed by atoms with van der Waals surface area (Å²) in [6.45, 7) is 7.34. The Morgan fingerprint density at radius 1 is 1.24 bits per heavy atom. The van der Waals surface area contributed by atoms with Crippen LogP contribution in [0.3, 0.4) is 0 Å². The molecule has 0 atom stereocenters. The van der Waals surface area contributed by atoms with Gasteiger partial charge in [-0.2, -0.15) is 0 Å². The van der Waals surface area contributed by atoms with Gasteiger partial charge in [-0.05, 0) is 37.1 Å². The highest BCUT2D eigenvalue weighted by Crippen LogP contribution is 2.20. The molecule has 1 aliphatic rings. The van der Waals surface area contributed by atoms with Gasteiger partial charge in [0.2, 0.25) is 0 Å². The van der Waals surface area contributed by atoms with Crippen molar-refractivity contribution in [2.75, 3.05) is 13.6 Å². The smallest absolute Gasteiger partial charge is 0.0373 e. The summed E-state index contributed by atoms with van der Waals surface area (Å²) in [6.07, 6.45) is 11.0. The maximum Gasteiger partial charge on any atom is 0.0373 e. The van der Waals surface area contributed by atoms with Crippen LogP contribution in [0.5, 0.6) is 0 Å². The molecule has 0 bridgehead atoms. The minimum atomic E-state index is 1.08. The first kappa shape index (κ1) is 17.1. The van der Waals surface area contributed by atoms with E-state index >= 15 is 0 Å². The van der Waals surface area contributed by atoms with E-state index in [1.54, 1.807) is 0 Å². The number of allylic oxidation sites excluding steroid dienone is 3. The fourth-order valence-electron chi connectivity index (χ4n) is 2.02. The van der Waals surface area contributed by atoms with Crippen LogP contribution in [0, 0.1) is 0 Å². The van der Waals surface area contributed by atoms with E-state index in [2.05, 4.69) is 74.0 Å². The number of benzene rings is 1. The van der Waals surface area contributed by atoms with E-state index in [9.17, 15) is 0 Å². The Balaban J connectivity index is 0.000000677. The van der Waals surface area contributed by atoms with Crippen LogP contribution in [0.15, 0.2) is 66.1 Å². The van der Waals surface area contributed by atoms with Crippen molar-refractivity contribution in [2.45, 2.75) is 33.6 Å². The highest BCUT2D eigenvalue weighted by Gasteiger charge is 2.06. The van der Waals surface area contributed by atoms with Gasteiger partial charge < -0.3 is 4.90 Å². The molecule has 1 aromatic carbocycles. The molecule has 0 saturated heterocycles. The lowest BCUT2D eigenvalue weighted by Crippen LogP contribution is -2.20. The number of likely N-dealkylation sites (N-methyl/N-ethyl adjacent to an activating group) is 1. The summed E-state index contributed by atoms with van der Waals surface area (Å²) in [4.78, 5) is 2.28. The summed E-state index contributed by atoms with van der Waals surface area (Å²) in [7, 11) is 2.13. The van der Waals surface area contributed by atoms with Gasteiger partial charge >= 0.3 is 0 Å². The van der Waals surface area contributed by atoms with Gasteiger partial charge in [-0.3, -0.25) is 0 Å². The van der Waals surface area contributed by atoms with Gasteiger partial charge in [0, 0.05) is 24.9 Å². The first-order valence-electron chi connectivity index (χ1n) is 7.79. The molecule has 112 valence electrons. The van der Waals surface area contributed by atoms with Crippen molar-refractivity contribution >= 4 is 5.57 Å². The van der Waals surface area contributed by atoms with Crippen molar-refractivity contribution in [3.05, 3.63) is 71.6 Å². The van der Waals surface area contributed by atoms with E-state index in [1.807, 2.05) is 19.1 Å². The normalized spacial score (nSPS) is 15.0. The summed E-state index contributed by atoms with van der Waals surface area (Å²) in [6, 6.07) is 10.4. The van der Waals surface area contributed by atoms with Crippen LogP contribution < -0.4 is 0 Å². The molecule has 0 amide bonds. The fourth-order valence-corrected chi connectivity index (χ4v) is 2.02. The topological polar surface area (TPSA) is 3.24 Å².